The smallest absolute Gasteiger partial charge is 0.275 e. The van der Waals surface area contributed by atoms with Gasteiger partial charge in [-0.1, -0.05) is 51.3 Å². The molecule has 0 bridgehead atoms. The molecule has 5 heteroatoms. The summed E-state index contributed by atoms with van der Waals surface area (Å²) in [7, 11) is 1.95. The molecule has 2 unspecified atom stereocenters. The Morgan fingerprint density at radius 2 is 1.68 bits per heavy atom. The molecule has 164 valence electrons. The first kappa shape index (κ1) is 20.3. The Labute approximate surface area is 183 Å². The largest absolute Gasteiger partial charge is 0.339 e. The molecule has 0 N–H and O–H groups in total. The fraction of sp³-hybridized carbons (Fsp3) is 0.538. The van der Waals surface area contributed by atoms with E-state index in [4.69, 9.17) is 0 Å². The van der Waals surface area contributed by atoms with Crippen LogP contribution >= 0.6 is 0 Å². The highest BCUT2D eigenvalue weighted by atomic mass is 16.2. The van der Waals surface area contributed by atoms with E-state index in [2.05, 4.69) is 13.8 Å². The number of carbonyl (C=O) groups is 1. The number of carbonyl (C=O) groups excluding carboxylic acids is 1. The van der Waals surface area contributed by atoms with E-state index in [1.54, 1.807) is 0 Å². The van der Waals surface area contributed by atoms with Crippen molar-refractivity contribution in [1.29, 1.82) is 0 Å². The van der Waals surface area contributed by atoms with Gasteiger partial charge in [0.25, 0.3) is 11.5 Å². The van der Waals surface area contributed by atoms with Crippen molar-refractivity contribution in [3.05, 3.63) is 46.4 Å². The zero-order valence-electron chi connectivity index (χ0n) is 18.9. The number of piperidine rings is 1. The van der Waals surface area contributed by atoms with Gasteiger partial charge in [0.15, 0.2) is 0 Å². The molecule has 1 amide bonds. The van der Waals surface area contributed by atoms with Gasteiger partial charge in [0.05, 0.1) is 5.56 Å². The number of aromatic nitrogens is 2. The Balaban J connectivity index is 1.75. The standard InChI is InChI=1S/C26H33N3O2/c1-17-13-18(2)15-28(14-17)25(30)21-16-29(19-9-5-4-6-10-19)26(31)24-23(21)20-11-7-8-12-22(20)27(24)3/h7-8,11-12,16-19H,4-6,9-10,13-15H2,1-3H3. The molecule has 3 aromatic rings. The Morgan fingerprint density at radius 1 is 1.00 bits per heavy atom. The van der Waals surface area contributed by atoms with Gasteiger partial charge < -0.3 is 14.0 Å². The van der Waals surface area contributed by atoms with Gasteiger partial charge in [0.1, 0.15) is 5.52 Å². The number of amides is 1. The van der Waals surface area contributed by atoms with Crippen LogP contribution in [0.5, 0.6) is 0 Å². The van der Waals surface area contributed by atoms with E-state index in [0.29, 0.717) is 22.9 Å². The van der Waals surface area contributed by atoms with Gasteiger partial charge in [-0.3, -0.25) is 9.59 Å². The maximum atomic E-state index is 13.9. The molecule has 5 rings (SSSR count). The first-order valence-electron chi connectivity index (χ1n) is 11.9. The Hall–Kier alpha value is -2.56. The van der Waals surface area contributed by atoms with Gasteiger partial charge in [-0.05, 0) is 37.2 Å². The minimum absolute atomic E-state index is 0.0394. The monoisotopic (exact) mass is 419 g/mol. The molecule has 1 aromatic carbocycles. The van der Waals surface area contributed by atoms with Crippen molar-refractivity contribution in [3.8, 4) is 0 Å². The van der Waals surface area contributed by atoms with Crippen molar-refractivity contribution in [3.63, 3.8) is 0 Å². The van der Waals surface area contributed by atoms with E-state index in [1.165, 1.54) is 6.42 Å². The van der Waals surface area contributed by atoms with Gasteiger partial charge >= 0.3 is 0 Å². The van der Waals surface area contributed by atoms with Crippen molar-refractivity contribution in [1.82, 2.24) is 14.0 Å². The third-order valence-electron chi connectivity index (χ3n) is 7.44. The zero-order chi connectivity index (χ0) is 21.7. The van der Waals surface area contributed by atoms with Crippen molar-refractivity contribution in [2.45, 2.75) is 58.4 Å². The second-order valence-corrected chi connectivity index (χ2v) is 10.0. The van der Waals surface area contributed by atoms with Crippen LogP contribution in [0.25, 0.3) is 21.8 Å². The Morgan fingerprint density at radius 3 is 2.39 bits per heavy atom. The molecule has 1 aliphatic carbocycles. The second kappa shape index (κ2) is 7.85. The number of fused-ring (bicyclic) bond motifs is 3. The van der Waals surface area contributed by atoms with Crippen LogP contribution in [-0.4, -0.2) is 33.0 Å². The van der Waals surface area contributed by atoms with Crippen LogP contribution in [0.15, 0.2) is 35.3 Å². The lowest BCUT2D eigenvalue weighted by Gasteiger charge is -2.35. The highest BCUT2D eigenvalue weighted by Gasteiger charge is 2.30. The highest BCUT2D eigenvalue weighted by Crippen LogP contribution is 2.33. The number of pyridine rings is 1. The summed E-state index contributed by atoms with van der Waals surface area (Å²) in [6, 6.07) is 8.26. The summed E-state index contributed by atoms with van der Waals surface area (Å²) in [4.78, 5) is 29.6. The van der Waals surface area contributed by atoms with Crippen LogP contribution in [0.4, 0.5) is 0 Å². The van der Waals surface area contributed by atoms with Crippen molar-refractivity contribution < 1.29 is 4.79 Å². The molecule has 2 aliphatic rings. The van der Waals surface area contributed by atoms with Crippen LogP contribution in [0.1, 0.15) is 68.8 Å². The molecular weight excluding hydrogens is 386 g/mol. The minimum atomic E-state index is 0.0394. The molecule has 1 aliphatic heterocycles. The van der Waals surface area contributed by atoms with E-state index in [9.17, 15) is 9.59 Å². The van der Waals surface area contributed by atoms with Gasteiger partial charge in [-0.15, -0.1) is 0 Å². The molecule has 1 saturated carbocycles. The van der Waals surface area contributed by atoms with Gasteiger partial charge in [-0.25, -0.2) is 0 Å². The average molecular weight is 420 g/mol. The van der Waals surface area contributed by atoms with Crippen LogP contribution in [0, 0.1) is 11.8 Å². The summed E-state index contributed by atoms with van der Waals surface area (Å²) in [5.74, 6) is 1.07. The topological polar surface area (TPSA) is 47.2 Å². The van der Waals surface area contributed by atoms with E-state index >= 15 is 0 Å². The third kappa shape index (κ3) is 3.38. The molecule has 3 heterocycles. The minimum Gasteiger partial charge on any atom is -0.339 e. The fourth-order valence-corrected chi connectivity index (χ4v) is 6.09. The predicted molar refractivity (Wildman–Crippen MR) is 126 cm³/mol. The van der Waals surface area contributed by atoms with Gasteiger partial charge in [0.2, 0.25) is 0 Å². The number of nitrogens with zero attached hydrogens (tertiary/aromatic N) is 3. The van der Waals surface area contributed by atoms with E-state index in [1.807, 2.05) is 51.5 Å². The predicted octanol–water partition coefficient (Wildman–Crippen LogP) is 5.12. The number of hydrogen-bond donors (Lipinski definition) is 0. The first-order chi connectivity index (χ1) is 15.0. The summed E-state index contributed by atoms with van der Waals surface area (Å²) >= 11 is 0. The molecule has 31 heavy (non-hydrogen) atoms. The third-order valence-corrected chi connectivity index (χ3v) is 7.44. The molecule has 0 spiro atoms. The Kier molecular flexibility index (Phi) is 5.15. The van der Waals surface area contributed by atoms with Crippen molar-refractivity contribution >= 4 is 27.7 Å². The van der Waals surface area contributed by atoms with Crippen LogP contribution in [-0.2, 0) is 7.05 Å². The van der Waals surface area contributed by atoms with Crippen molar-refractivity contribution in [2.24, 2.45) is 18.9 Å². The van der Waals surface area contributed by atoms with Crippen LogP contribution in [0.3, 0.4) is 0 Å². The quantitative estimate of drug-likeness (QED) is 0.579. The van der Waals surface area contributed by atoms with E-state index in [-0.39, 0.29) is 17.5 Å². The van der Waals surface area contributed by atoms with E-state index < -0.39 is 0 Å². The molecule has 2 aromatic heterocycles. The maximum Gasteiger partial charge on any atom is 0.275 e. The number of benzene rings is 1. The zero-order valence-corrected chi connectivity index (χ0v) is 18.9. The molecular formula is C26H33N3O2. The van der Waals surface area contributed by atoms with Gasteiger partial charge in [-0.2, -0.15) is 0 Å². The molecule has 1 saturated heterocycles. The second-order valence-electron chi connectivity index (χ2n) is 10.0. The normalized spacial score (nSPS) is 23.0. The number of aryl methyl sites for hydroxylation is 1. The summed E-state index contributed by atoms with van der Waals surface area (Å²) in [5.41, 5.74) is 2.40. The molecule has 5 nitrogen and oxygen atoms in total. The maximum absolute atomic E-state index is 13.9. The lowest BCUT2D eigenvalue weighted by molar-refractivity contribution is 0.0624. The summed E-state index contributed by atoms with van der Waals surface area (Å²) in [6.45, 7) is 6.04. The summed E-state index contributed by atoms with van der Waals surface area (Å²) < 4.78 is 3.88. The van der Waals surface area contributed by atoms with Gasteiger partial charge in [0, 0.05) is 48.7 Å². The van der Waals surface area contributed by atoms with Crippen molar-refractivity contribution in [2.75, 3.05) is 13.1 Å². The summed E-state index contributed by atoms with van der Waals surface area (Å²) in [5, 5.41) is 1.82. The number of para-hydroxylation sites is 1. The molecule has 2 atom stereocenters. The van der Waals surface area contributed by atoms with Crippen LogP contribution < -0.4 is 5.56 Å². The lowest BCUT2D eigenvalue weighted by Crippen LogP contribution is -2.43. The Bertz CT molecular complexity index is 1190. The average Bonchev–Trinajstić information content (AvgIpc) is 3.07. The SMILES string of the molecule is CC1CC(C)CN(C(=O)c2cn(C3CCCCC3)c(=O)c3c2c2ccccc2n3C)C1. The number of hydrogen-bond acceptors (Lipinski definition) is 2. The fourth-order valence-electron chi connectivity index (χ4n) is 6.09. The molecule has 0 radical (unpaired) electrons. The van der Waals surface area contributed by atoms with E-state index in [0.717, 1.165) is 61.5 Å². The highest BCUT2D eigenvalue weighted by molar-refractivity contribution is 6.17. The molecule has 2 fully saturated rings. The number of rotatable bonds is 2. The number of likely N-dealkylation sites (tertiary alicyclic amines) is 1. The first-order valence-corrected chi connectivity index (χ1v) is 11.9. The lowest BCUT2D eigenvalue weighted by atomic mass is 9.91. The summed E-state index contributed by atoms with van der Waals surface area (Å²) in [6.07, 6.45) is 8.62. The van der Waals surface area contributed by atoms with Crippen LogP contribution in [0.2, 0.25) is 0 Å².